The van der Waals surface area contributed by atoms with Crippen molar-refractivity contribution < 1.29 is 23.1 Å². The van der Waals surface area contributed by atoms with Gasteiger partial charge in [-0.3, -0.25) is 9.59 Å². The zero-order valence-corrected chi connectivity index (χ0v) is 15.5. The largest absolute Gasteiger partial charge is 0.456 e. The molecule has 6 nitrogen and oxygen atoms in total. The first kappa shape index (κ1) is 17.9. The summed E-state index contributed by atoms with van der Waals surface area (Å²) in [4.78, 5) is 25.2. The molecule has 1 aromatic heterocycles. The minimum atomic E-state index is -0.479. The molecule has 7 heteroatoms. The van der Waals surface area contributed by atoms with E-state index in [4.69, 9.17) is 13.9 Å². The van der Waals surface area contributed by atoms with Crippen LogP contribution >= 0.6 is 0 Å². The average Bonchev–Trinajstić information content (AvgIpc) is 3.22. The maximum Gasteiger partial charge on any atom is 0.255 e. The molecular formula is C23H14FNO5. The van der Waals surface area contributed by atoms with E-state index in [2.05, 4.69) is 5.32 Å². The van der Waals surface area contributed by atoms with Crippen molar-refractivity contribution in [2.45, 2.75) is 0 Å². The third kappa shape index (κ3) is 3.16. The Morgan fingerprint density at radius 3 is 2.63 bits per heavy atom. The molecule has 1 N–H and O–H groups in total. The fourth-order valence-corrected chi connectivity index (χ4v) is 3.27. The highest BCUT2D eigenvalue weighted by molar-refractivity contribution is 6.05. The number of halogens is 1. The molecule has 0 atom stereocenters. The molecule has 148 valence electrons. The summed E-state index contributed by atoms with van der Waals surface area (Å²) in [7, 11) is 0. The Morgan fingerprint density at radius 2 is 1.77 bits per heavy atom. The molecule has 1 aliphatic heterocycles. The predicted octanol–water partition coefficient (Wildman–Crippen LogP) is 4.58. The van der Waals surface area contributed by atoms with E-state index in [-0.39, 0.29) is 34.8 Å². The molecule has 0 spiro atoms. The minimum Gasteiger partial charge on any atom is -0.456 e. The molecule has 0 radical (unpaired) electrons. The van der Waals surface area contributed by atoms with Crippen molar-refractivity contribution in [2.24, 2.45) is 0 Å². The smallest absolute Gasteiger partial charge is 0.255 e. The first-order chi connectivity index (χ1) is 14.6. The van der Waals surface area contributed by atoms with Gasteiger partial charge < -0.3 is 19.2 Å². The summed E-state index contributed by atoms with van der Waals surface area (Å²) < 4.78 is 30.3. The number of carbonyl (C=O) groups is 1. The van der Waals surface area contributed by atoms with E-state index in [0.717, 1.165) is 0 Å². The van der Waals surface area contributed by atoms with Crippen LogP contribution in [-0.4, -0.2) is 12.7 Å². The van der Waals surface area contributed by atoms with Crippen LogP contribution in [0.5, 0.6) is 11.5 Å². The number of amides is 1. The first-order valence-electron chi connectivity index (χ1n) is 9.12. The van der Waals surface area contributed by atoms with Crippen LogP contribution in [0.4, 0.5) is 10.1 Å². The highest BCUT2D eigenvalue weighted by atomic mass is 19.1. The van der Waals surface area contributed by atoms with Crippen molar-refractivity contribution in [1.82, 2.24) is 0 Å². The van der Waals surface area contributed by atoms with Gasteiger partial charge in [-0.25, -0.2) is 4.39 Å². The quantitative estimate of drug-likeness (QED) is 0.542. The Kier molecular flexibility index (Phi) is 4.21. The Balaban J connectivity index is 1.46. The van der Waals surface area contributed by atoms with Gasteiger partial charge in [0.2, 0.25) is 6.79 Å². The zero-order valence-electron chi connectivity index (χ0n) is 15.5. The number of rotatable bonds is 3. The van der Waals surface area contributed by atoms with E-state index in [1.54, 1.807) is 48.5 Å². The molecule has 0 fully saturated rings. The van der Waals surface area contributed by atoms with Crippen LogP contribution in [0.25, 0.3) is 22.3 Å². The summed E-state index contributed by atoms with van der Waals surface area (Å²) in [6.07, 6.45) is 0. The number of ether oxygens (including phenoxy) is 2. The third-order valence-electron chi connectivity index (χ3n) is 4.76. The lowest BCUT2D eigenvalue weighted by atomic mass is 10.1. The van der Waals surface area contributed by atoms with E-state index in [1.807, 2.05) is 0 Å². The zero-order chi connectivity index (χ0) is 20.7. The molecule has 1 aliphatic rings. The first-order valence-corrected chi connectivity index (χ1v) is 9.12. The van der Waals surface area contributed by atoms with Gasteiger partial charge in [0.1, 0.15) is 17.2 Å². The van der Waals surface area contributed by atoms with Gasteiger partial charge in [0.25, 0.3) is 5.91 Å². The number of nitrogens with one attached hydrogen (secondary N) is 1. The number of fused-ring (bicyclic) bond motifs is 2. The van der Waals surface area contributed by atoms with Crippen molar-refractivity contribution in [3.63, 3.8) is 0 Å². The van der Waals surface area contributed by atoms with Gasteiger partial charge in [0.15, 0.2) is 16.9 Å². The lowest BCUT2D eigenvalue weighted by Crippen LogP contribution is -2.12. The number of carbonyl (C=O) groups excluding carboxylic acids is 1. The fraction of sp³-hybridized carbons (Fsp3) is 0.0435. The van der Waals surface area contributed by atoms with Gasteiger partial charge in [-0.15, -0.1) is 0 Å². The Morgan fingerprint density at radius 1 is 0.933 bits per heavy atom. The molecule has 1 amide bonds. The Bertz CT molecular complexity index is 1360. The molecule has 0 unspecified atom stereocenters. The molecule has 4 aromatic rings. The topological polar surface area (TPSA) is 77.8 Å². The minimum absolute atomic E-state index is 0.121. The molecule has 3 aromatic carbocycles. The van der Waals surface area contributed by atoms with Gasteiger partial charge in [-0.2, -0.15) is 0 Å². The number of hydrogen-bond acceptors (Lipinski definition) is 5. The molecule has 30 heavy (non-hydrogen) atoms. The van der Waals surface area contributed by atoms with Crippen molar-refractivity contribution in [2.75, 3.05) is 12.1 Å². The van der Waals surface area contributed by atoms with Crippen LogP contribution < -0.4 is 20.2 Å². The van der Waals surface area contributed by atoms with Gasteiger partial charge in [-0.1, -0.05) is 12.1 Å². The molecule has 0 saturated carbocycles. The van der Waals surface area contributed by atoms with Gasteiger partial charge >= 0.3 is 0 Å². The number of benzene rings is 3. The summed E-state index contributed by atoms with van der Waals surface area (Å²) in [5.74, 6) is 0.387. The number of hydrogen-bond donors (Lipinski definition) is 1. The highest BCUT2D eigenvalue weighted by Crippen LogP contribution is 2.33. The van der Waals surface area contributed by atoms with Crippen molar-refractivity contribution in [3.05, 3.63) is 88.3 Å². The van der Waals surface area contributed by atoms with E-state index >= 15 is 0 Å². The normalized spacial score (nSPS) is 12.2. The van der Waals surface area contributed by atoms with E-state index in [0.29, 0.717) is 28.3 Å². The van der Waals surface area contributed by atoms with E-state index < -0.39 is 5.82 Å². The second-order valence-electron chi connectivity index (χ2n) is 6.69. The van der Waals surface area contributed by atoms with Crippen LogP contribution in [-0.2, 0) is 0 Å². The predicted molar refractivity (Wildman–Crippen MR) is 108 cm³/mol. The lowest BCUT2D eigenvalue weighted by Gasteiger charge is -2.08. The van der Waals surface area contributed by atoms with E-state index in [1.165, 1.54) is 18.2 Å². The standard InChI is InChI=1S/C23H14FNO5/c24-17-4-2-1-3-15(17)21-11-18(26)16-10-14(6-8-19(16)30-21)25-23(27)13-5-7-20-22(9-13)29-12-28-20/h1-11H,12H2,(H,25,27). The van der Waals surface area contributed by atoms with Gasteiger partial charge in [0, 0.05) is 17.3 Å². The Hall–Kier alpha value is -4.13. The van der Waals surface area contributed by atoms with E-state index in [9.17, 15) is 14.0 Å². The molecule has 5 rings (SSSR count). The summed E-state index contributed by atoms with van der Waals surface area (Å²) in [6.45, 7) is 0.121. The third-order valence-corrected chi connectivity index (χ3v) is 4.76. The van der Waals surface area contributed by atoms with Crippen molar-refractivity contribution >= 4 is 22.6 Å². The fourth-order valence-electron chi connectivity index (χ4n) is 3.27. The van der Waals surface area contributed by atoms with Gasteiger partial charge in [-0.05, 0) is 48.5 Å². The summed E-state index contributed by atoms with van der Waals surface area (Å²) in [5, 5.41) is 3.02. The summed E-state index contributed by atoms with van der Waals surface area (Å²) >= 11 is 0. The van der Waals surface area contributed by atoms with Crippen LogP contribution in [0.3, 0.4) is 0 Å². The van der Waals surface area contributed by atoms with Crippen molar-refractivity contribution in [3.8, 4) is 22.8 Å². The van der Waals surface area contributed by atoms with Crippen LogP contribution in [0.15, 0.2) is 75.9 Å². The van der Waals surface area contributed by atoms with Gasteiger partial charge in [0.05, 0.1) is 10.9 Å². The SMILES string of the molecule is O=C(Nc1ccc2oc(-c3ccccc3F)cc(=O)c2c1)c1ccc2c(c1)OCO2. The molecule has 0 aliphatic carbocycles. The number of anilines is 1. The summed E-state index contributed by atoms with van der Waals surface area (Å²) in [5.41, 5.74) is 0.976. The van der Waals surface area contributed by atoms with Crippen molar-refractivity contribution in [1.29, 1.82) is 0 Å². The summed E-state index contributed by atoms with van der Waals surface area (Å²) in [6, 6.07) is 16.9. The molecule has 0 saturated heterocycles. The van der Waals surface area contributed by atoms with Crippen LogP contribution in [0.2, 0.25) is 0 Å². The van der Waals surface area contributed by atoms with Crippen LogP contribution in [0, 0.1) is 5.82 Å². The molecular weight excluding hydrogens is 389 g/mol. The second kappa shape index (κ2) is 7.04. The maximum absolute atomic E-state index is 14.0. The second-order valence-corrected chi connectivity index (χ2v) is 6.69. The highest BCUT2D eigenvalue weighted by Gasteiger charge is 2.17. The average molecular weight is 403 g/mol. The lowest BCUT2D eigenvalue weighted by molar-refractivity contribution is 0.102. The molecule has 2 heterocycles. The Labute approximate surface area is 169 Å². The van der Waals surface area contributed by atoms with Crippen LogP contribution in [0.1, 0.15) is 10.4 Å². The maximum atomic E-state index is 14.0. The molecule has 0 bridgehead atoms. The monoisotopic (exact) mass is 403 g/mol.